The van der Waals surface area contributed by atoms with Crippen LogP contribution in [0.3, 0.4) is 0 Å². The average Bonchev–Trinajstić information content (AvgIpc) is 2.93. The summed E-state index contributed by atoms with van der Waals surface area (Å²) in [6, 6.07) is 9.81. The van der Waals surface area contributed by atoms with Crippen LogP contribution in [0.25, 0.3) is 0 Å². The molecule has 0 saturated carbocycles. The zero-order valence-corrected chi connectivity index (χ0v) is 13.6. The summed E-state index contributed by atoms with van der Waals surface area (Å²) in [6.07, 6.45) is 0.992. The number of urea groups is 1. The second kappa shape index (κ2) is 8.17. The molecule has 0 radical (unpaired) electrons. The Kier molecular flexibility index (Phi) is 6.23. The first-order valence-corrected chi connectivity index (χ1v) is 8.56. The van der Waals surface area contributed by atoms with Crippen LogP contribution in [0.2, 0.25) is 0 Å². The van der Waals surface area contributed by atoms with Crippen LogP contribution in [-0.4, -0.2) is 47.7 Å². The highest BCUT2D eigenvalue weighted by Crippen LogP contribution is 2.18. The fraction of sp³-hybridized carbons (Fsp3) is 0.562. The van der Waals surface area contributed by atoms with E-state index in [4.69, 9.17) is 4.74 Å². The van der Waals surface area contributed by atoms with E-state index in [1.807, 2.05) is 47.0 Å². The number of carbonyl (C=O) groups is 1. The Balaban J connectivity index is 1.68. The van der Waals surface area contributed by atoms with Crippen molar-refractivity contribution in [2.75, 3.05) is 25.4 Å². The zero-order valence-electron chi connectivity index (χ0n) is 12.7. The first-order valence-electron chi connectivity index (χ1n) is 7.51. The predicted molar refractivity (Wildman–Crippen MR) is 88.0 cm³/mol. The average molecular weight is 308 g/mol. The lowest BCUT2D eigenvalue weighted by molar-refractivity contribution is 0.187. The monoisotopic (exact) mass is 308 g/mol. The van der Waals surface area contributed by atoms with Gasteiger partial charge in [-0.15, -0.1) is 0 Å². The Labute approximate surface area is 131 Å². The first-order chi connectivity index (χ1) is 10.1. The number of thioether (sulfide) groups is 1. The van der Waals surface area contributed by atoms with E-state index in [-0.39, 0.29) is 12.1 Å². The molecule has 1 aromatic carbocycles. The summed E-state index contributed by atoms with van der Waals surface area (Å²) in [4.78, 5) is 13.9. The maximum Gasteiger partial charge on any atom is 0.317 e. The van der Waals surface area contributed by atoms with Crippen molar-refractivity contribution in [3.63, 3.8) is 0 Å². The van der Waals surface area contributed by atoms with Crippen LogP contribution in [0.5, 0.6) is 5.75 Å². The van der Waals surface area contributed by atoms with E-state index in [2.05, 4.69) is 19.2 Å². The molecule has 0 aliphatic carbocycles. The van der Waals surface area contributed by atoms with Gasteiger partial charge in [-0.3, -0.25) is 0 Å². The van der Waals surface area contributed by atoms with Gasteiger partial charge in [-0.2, -0.15) is 11.8 Å². The van der Waals surface area contributed by atoms with Gasteiger partial charge in [0.2, 0.25) is 0 Å². The van der Waals surface area contributed by atoms with E-state index in [1.54, 1.807) is 0 Å². The number of hydrogen-bond donors (Lipinski definition) is 1. The number of hydrogen-bond acceptors (Lipinski definition) is 3. The normalized spacial score (nSPS) is 18.0. The number of rotatable bonds is 6. The molecule has 0 unspecified atom stereocenters. The number of ether oxygens (including phenoxy) is 1. The quantitative estimate of drug-likeness (QED) is 0.822. The topological polar surface area (TPSA) is 41.6 Å². The molecule has 4 nitrogen and oxygen atoms in total. The third-order valence-electron chi connectivity index (χ3n) is 3.31. The number of amides is 2. The van der Waals surface area contributed by atoms with Crippen LogP contribution >= 0.6 is 11.8 Å². The third-order valence-corrected chi connectivity index (χ3v) is 4.41. The van der Waals surface area contributed by atoms with Crippen LogP contribution in [0.1, 0.15) is 20.3 Å². The third kappa shape index (κ3) is 5.50. The Morgan fingerprint density at radius 1 is 1.43 bits per heavy atom. The van der Waals surface area contributed by atoms with Gasteiger partial charge in [0.15, 0.2) is 0 Å². The lowest BCUT2D eigenvalue weighted by atomic mass is 10.3. The number of nitrogens with one attached hydrogen (secondary N) is 1. The highest BCUT2D eigenvalue weighted by molar-refractivity contribution is 7.99. The molecule has 21 heavy (non-hydrogen) atoms. The van der Waals surface area contributed by atoms with E-state index in [9.17, 15) is 4.79 Å². The van der Waals surface area contributed by atoms with Crippen molar-refractivity contribution in [1.29, 1.82) is 0 Å². The van der Waals surface area contributed by atoms with E-state index in [1.165, 1.54) is 0 Å². The van der Waals surface area contributed by atoms with Crippen molar-refractivity contribution in [2.45, 2.75) is 31.6 Å². The molecule has 0 spiro atoms. The van der Waals surface area contributed by atoms with Gasteiger partial charge in [0.25, 0.3) is 0 Å². The van der Waals surface area contributed by atoms with Crippen molar-refractivity contribution in [1.82, 2.24) is 10.2 Å². The van der Waals surface area contributed by atoms with Crippen LogP contribution in [0.15, 0.2) is 30.3 Å². The van der Waals surface area contributed by atoms with E-state index >= 15 is 0 Å². The largest absolute Gasteiger partial charge is 0.489 e. The van der Waals surface area contributed by atoms with Crippen molar-refractivity contribution in [2.24, 2.45) is 0 Å². The van der Waals surface area contributed by atoms with Crippen LogP contribution in [-0.2, 0) is 0 Å². The summed E-state index contributed by atoms with van der Waals surface area (Å²) in [5.41, 5.74) is 0. The lowest BCUT2D eigenvalue weighted by Crippen LogP contribution is -2.40. The number of nitrogens with zero attached hydrogens (tertiary/aromatic N) is 1. The predicted octanol–water partition coefficient (Wildman–Crippen LogP) is 2.99. The second-order valence-electron chi connectivity index (χ2n) is 5.44. The summed E-state index contributed by atoms with van der Waals surface area (Å²) >= 11 is 1.86. The fourth-order valence-corrected chi connectivity index (χ4v) is 2.96. The van der Waals surface area contributed by atoms with E-state index in [0.29, 0.717) is 11.8 Å². The molecule has 2 rings (SSSR count). The highest BCUT2D eigenvalue weighted by Gasteiger charge is 2.27. The smallest absolute Gasteiger partial charge is 0.317 e. The summed E-state index contributed by atoms with van der Waals surface area (Å²) in [6.45, 7) is 6.48. The number of benzene rings is 1. The summed E-state index contributed by atoms with van der Waals surface area (Å²) in [5.74, 6) is 1.83. The van der Waals surface area contributed by atoms with Crippen LogP contribution in [0, 0.1) is 0 Å². The molecule has 1 fully saturated rings. The molecule has 5 heteroatoms. The van der Waals surface area contributed by atoms with Crippen molar-refractivity contribution in [3.05, 3.63) is 30.3 Å². The summed E-state index contributed by atoms with van der Waals surface area (Å²) in [7, 11) is 0. The highest BCUT2D eigenvalue weighted by atomic mass is 32.2. The van der Waals surface area contributed by atoms with Gasteiger partial charge in [-0.25, -0.2) is 4.79 Å². The van der Waals surface area contributed by atoms with Gasteiger partial charge in [0.1, 0.15) is 11.9 Å². The maximum absolute atomic E-state index is 12.0. The Morgan fingerprint density at radius 2 is 2.19 bits per heavy atom. The molecular formula is C16H24N2O2S. The van der Waals surface area contributed by atoms with Gasteiger partial charge >= 0.3 is 6.03 Å². The number of para-hydroxylation sites is 1. The van der Waals surface area contributed by atoms with Gasteiger partial charge in [0, 0.05) is 25.3 Å². The molecule has 1 N–H and O–H groups in total. The molecule has 2 amide bonds. The lowest BCUT2D eigenvalue weighted by Gasteiger charge is -2.18. The van der Waals surface area contributed by atoms with E-state index in [0.717, 1.165) is 31.0 Å². The molecule has 116 valence electrons. The zero-order chi connectivity index (χ0) is 15.1. The standard InChI is InChI=1S/C16H24N2O2S/c1-13(2)21-11-9-17-16(19)18-10-8-15(12-18)20-14-6-4-3-5-7-14/h3-7,13,15H,8-12H2,1-2H3,(H,17,19)/t15-/m0/s1. The minimum absolute atomic E-state index is 0.0264. The molecule has 1 heterocycles. The summed E-state index contributed by atoms with van der Waals surface area (Å²) < 4.78 is 5.89. The minimum atomic E-state index is 0.0264. The molecular weight excluding hydrogens is 284 g/mol. The van der Waals surface area contributed by atoms with Crippen molar-refractivity contribution < 1.29 is 9.53 Å². The van der Waals surface area contributed by atoms with Gasteiger partial charge < -0.3 is 15.0 Å². The number of likely N-dealkylation sites (tertiary alicyclic amines) is 1. The summed E-state index contributed by atoms with van der Waals surface area (Å²) in [5, 5.41) is 3.58. The Hall–Kier alpha value is -1.36. The van der Waals surface area contributed by atoms with Gasteiger partial charge in [-0.05, 0) is 17.4 Å². The Morgan fingerprint density at radius 3 is 2.90 bits per heavy atom. The first kappa shape index (κ1) is 16.0. The second-order valence-corrected chi connectivity index (χ2v) is 7.12. The molecule has 1 aliphatic heterocycles. The van der Waals surface area contributed by atoms with Crippen LogP contribution in [0.4, 0.5) is 4.79 Å². The van der Waals surface area contributed by atoms with Crippen LogP contribution < -0.4 is 10.1 Å². The minimum Gasteiger partial charge on any atom is -0.489 e. The SMILES string of the molecule is CC(C)SCCNC(=O)N1CC[C@H](Oc2ccccc2)C1. The van der Waals surface area contributed by atoms with Crippen molar-refractivity contribution >= 4 is 17.8 Å². The van der Waals surface area contributed by atoms with E-state index < -0.39 is 0 Å². The number of carbonyl (C=O) groups excluding carboxylic acids is 1. The van der Waals surface area contributed by atoms with Gasteiger partial charge in [0.05, 0.1) is 6.54 Å². The molecule has 0 bridgehead atoms. The molecule has 1 atom stereocenters. The molecule has 1 aromatic rings. The molecule has 1 aliphatic rings. The molecule has 1 saturated heterocycles. The maximum atomic E-state index is 12.0. The Bertz CT molecular complexity index is 439. The van der Waals surface area contributed by atoms with Gasteiger partial charge in [-0.1, -0.05) is 32.0 Å². The fourth-order valence-electron chi connectivity index (χ4n) is 2.26. The van der Waals surface area contributed by atoms with Crippen molar-refractivity contribution in [3.8, 4) is 5.75 Å². The molecule has 0 aromatic heterocycles.